The number of aryl methyl sites for hydroxylation is 3. The molecule has 2 N–H and O–H groups in total. The number of anilines is 2. The van der Waals surface area contributed by atoms with Crippen LogP contribution in [0.5, 0.6) is 0 Å². The van der Waals surface area contributed by atoms with E-state index < -0.39 is 11.8 Å². The second-order valence-corrected chi connectivity index (χ2v) is 6.79. The Kier molecular flexibility index (Phi) is 4.59. The molecule has 8 nitrogen and oxygen atoms in total. The van der Waals surface area contributed by atoms with Crippen molar-refractivity contribution >= 4 is 28.8 Å². The van der Waals surface area contributed by atoms with Crippen LogP contribution in [0.1, 0.15) is 38.0 Å². The molecule has 3 aromatic heterocycles. The maximum Gasteiger partial charge on any atom is 0.293 e. The van der Waals surface area contributed by atoms with Crippen molar-refractivity contribution in [1.82, 2.24) is 14.5 Å². The summed E-state index contributed by atoms with van der Waals surface area (Å²) in [6, 6.07) is 12.7. The lowest BCUT2D eigenvalue weighted by Gasteiger charge is -2.08. The zero-order chi connectivity index (χ0) is 20.5. The van der Waals surface area contributed by atoms with Gasteiger partial charge in [-0.3, -0.25) is 14.0 Å². The summed E-state index contributed by atoms with van der Waals surface area (Å²) in [5, 5.41) is 9.28. The second kappa shape index (κ2) is 7.23. The van der Waals surface area contributed by atoms with E-state index in [1.165, 1.54) is 0 Å². The minimum absolute atomic E-state index is 0.0763. The highest BCUT2D eigenvalue weighted by Crippen LogP contribution is 2.20. The fraction of sp³-hybridized carbons (Fsp3) is 0.143. The van der Waals surface area contributed by atoms with E-state index in [4.69, 9.17) is 4.52 Å². The monoisotopic (exact) mass is 389 g/mol. The number of nitrogens with one attached hydrogen (secondary N) is 2. The van der Waals surface area contributed by atoms with E-state index >= 15 is 0 Å². The Morgan fingerprint density at radius 2 is 1.83 bits per heavy atom. The van der Waals surface area contributed by atoms with Crippen LogP contribution in [0.2, 0.25) is 0 Å². The van der Waals surface area contributed by atoms with Gasteiger partial charge in [-0.05, 0) is 50.1 Å². The molecule has 0 fully saturated rings. The van der Waals surface area contributed by atoms with Gasteiger partial charge in [0.25, 0.3) is 11.8 Å². The van der Waals surface area contributed by atoms with Gasteiger partial charge in [-0.15, -0.1) is 0 Å². The van der Waals surface area contributed by atoms with Crippen molar-refractivity contribution in [3.63, 3.8) is 0 Å². The summed E-state index contributed by atoms with van der Waals surface area (Å²) in [4.78, 5) is 30.0. The van der Waals surface area contributed by atoms with Crippen LogP contribution in [-0.2, 0) is 0 Å². The molecular formula is C21H19N5O3. The number of carbonyl (C=O) groups excluding carboxylic acids is 2. The predicted molar refractivity (Wildman–Crippen MR) is 108 cm³/mol. The third kappa shape index (κ3) is 3.60. The van der Waals surface area contributed by atoms with Gasteiger partial charge in [0.1, 0.15) is 5.76 Å². The molecule has 4 rings (SSSR count). The Morgan fingerprint density at radius 3 is 2.59 bits per heavy atom. The highest BCUT2D eigenvalue weighted by atomic mass is 16.5. The number of fused-ring (bicyclic) bond motifs is 1. The Morgan fingerprint density at radius 1 is 1.00 bits per heavy atom. The number of nitrogens with zero attached hydrogens (tertiary/aromatic N) is 3. The summed E-state index contributed by atoms with van der Waals surface area (Å²) in [7, 11) is 0. The molecule has 4 aromatic rings. The van der Waals surface area contributed by atoms with Crippen LogP contribution in [0, 0.1) is 20.8 Å². The Hall–Kier alpha value is -3.94. The van der Waals surface area contributed by atoms with Crippen LogP contribution in [0.4, 0.5) is 11.5 Å². The van der Waals surface area contributed by atoms with E-state index in [0.717, 1.165) is 11.1 Å². The second-order valence-electron chi connectivity index (χ2n) is 6.79. The van der Waals surface area contributed by atoms with Crippen molar-refractivity contribution in [2.45, 2.75) is 20.8 Å². The number of amides is 2. The molecule has 3 heterocycles. The van der Waals surface area contributed by atoms with Gasteiger partial charge in [0.05, 0.1) is 5.52 Å². The molecule has 0 aliphatic rings. The fourth-order valence-corrected chi connectivity index (χ4v) is 3.01. The van der Waals surface area contributed by atoms with Crippen molar-refractivity contribution < 1.29 is 14.1 Å². The van der Waals surface area contributed by atoms with Crippen LogP contribution in [0.25, 0.3) is 5.52 Å². The Balaban J connectivity index is 1.69. The van der Waals surface area contributed by atoms with Gasteiger partial charge in [-0.2, -0.15) is 0 Å². The molecule has 0 spiro atoms. The van der Waals surface area contributed by atoms with E-state index in [1.54, 1.807) is 41.8 Å². The third-order valence-electron chi connectivity index (χ3n) is 4.48. The average Bonchev–Trinajstić information content (AvgIpc) is 3.28. The van der Waals surface area contributed by atoms with Crippen molar-refractivity contribution in [1.29, 1.82) is 0 Å². The summed E-state index contributed by atoms with van der Waals surface area (Å²) in [6.45, 7) is 5.59. The van der Waals surface area contributed by atoms with Crippen LogP contribution in [-0.4, -0.2) is 26.4 Å². The van der Waals surface area contributed by atoms with Gasteiger partial charge >= 0.3 is 0 Å². The molecule has 146 valence electrons. The van der Waals surface area contributed by atoms with Crippen LogP contribution in [0.3, 0.4) is 0 Å². The zero-order valence-corrected chi connectivity index (χ0v) is 16.2. The molecule has 8 heteroatoms. The SMILES string of the molecule is Cc1ccc(C)c(NC(=O)c2nc(C(=O)Nc3cc(C)on3)n3ccccc23)c1. The summed E-state index contributed by atoms with van der Waals surface area (Å²) in [6.07, 6.45) is 1.68. The minimum Gasteiger partial charge on any atom is -0.360 e. The van der Waals surface area contributed by atoms with Gasteiger partial charge in [-0.1, -0.05) is 23.4 Å². The number of aromatic nitrogens is 3. The minimum atomic E-state index is -0.495. The maximum atomic E-state index is 12.9. The Bertz CT molecular complexity index is 1240. The zero-order valence-electron chi connectivity index (χ0n) is 16.2. The van der Waals surface area contributed by atoms with Gasteiger partial charge in [-0.25, -0.2) is 4.98 Å². The molecule has 2 amide bonds. The van der Waals surface area contributed by atoms with Crippen molar-refractivity contribution in [3.8, 4) is 0 Å². The van der Waals surface area contributed by atoms with E-state index in [2.05, 4.69) is 20.8 Å². The molecule has 0 bridgehead atoms. The number of pyridine rings is 1. The number of hydrogen-bond donors (Lipinski definition) is 2. The molecule has 0 saturated carbocycles. The number of hydrogen-bond acceptors (Lipinski definition) is 5. The summed E-state index contributed by atoms with van der Waals surface area (Å²) in [5.41, 5.74) is 3.36. The lowest BCUT2D eigenvalue weighted by atomic mass is 10.1. The first kappa shape index (κ1) is 18.4. The van der Waals surface area contributed by atoms with Gasteiger partial charge in [0.2, 0.25) is 5.82 Å². The van der Waals surface area contributed by atoms with Crippen molar-refractivity contribution in [3.05, 3.63) is 77.1 Å². The van der Waals surface area contributed by atoms with E-state index in [1.807, 2.05) is 32.0 Å². The summed E-state index contributed by atoms with van der Waals surface area (Å²) in [5.74, 6) is 0.0415. The number of carbonyl (C=O) groups is 2. The quantitative estimate of drug-likeness (QED) is 0.553. The third-order valence-corrected chi connectivity index (χ3v) is 4.48. The summed E-state index contributed by atoms with van der Waals surface area (Å²) >= 11 is 0. The van der Waals surface area contributed by atoms with E-state index in [-0.39, 0.29) is 17.3 Å². The highest BCUT2D eigenvalue weighted by molar-refractivity contribution is 6.10. The van der Waals surface area contributed by atoms with Crippen LogP contribution >= 0.6 is 0 Å². The highest BCUT2D eigenvalue weighted by Gasteiger charge is 2.22. The average molecular weight is 389 g/mol. The smallest absolute Gasteiger partial charge is 0.293 e. The Labute approximate surface area is 166 Å². The molecule has 29 heavy (non-hydrogen) atoms. The molecule has 0 aliphatic carbocycles. The molecule has 0 atom stereocenters. The van der Waals surface area contributed by atoms with Gasteiger partial charge < -0.3 is 15.2 Å². The first-order chi connectivity index (χ1) is 13.9. The van der Waals surface area contributed by atoms with Crippen LogP contribution < -0.4 is 10.6 Å². The molecule has 0 radical (unpaired) electrons. The maximum absolute atomic E-state index is 12.9. The van der Waals surface area contributed by atoms with E-state index in [0.29, 0.717) is 17.0 Å². The summed E-state index contributed by atoms with van der Waals surface area (Å²) < 4.78 is 6.53. The topological polar surface area (TPSA) is 102 Å². The van der Waals surface area contributed by atoms with Gasteiger partial charge in [0, 0.05) is 18.0 Å². The number of imidazole rings is 1. The fourth-order valence-electron chi connectivity index (χ4n) is 3.01. The number of rotatable bonds is 4. The normalized spacial score (nSPS) is 10.9. The van der Waals surface area contributed by atoms with Crippen molar-refractivity contribution in [2.24, 2.45) is 0 Å². The van der Waals surface area contributed by atoms with E-state index in [9.17, 15) is 9.59 Å². The first-order valence-electron chi connectivity index (χ1n) is 9.03. The lowest BCUT2D eigenvalue weighted by molar-refractivity contribution is 0.101. The number of benzene rings is 1. The standard InChI is InChI=1S/C21H19N5O3/c1-12-7-8-13(2)15(10-12)22-20(27)18-16-6-4-5-9-26(16)19(24-18)21(28)23-17-11-14(3)29-25-17/h4-11H,1-3H3,(H,22,27)(H,23,25,28). The lowest BCUT2D eigenvalue weighted by Crippen LogP contribution is -2.17. The van der Waals surface area contributed by atoms with Gasteiger partial charge in [0.15, 0.2) is 11.5 Å². The van der Waals surface area contributed by atoms with Crippen LogP contribution in [0.15, 0.2) is 53.2 Å². The predicted octanol–water partition coefficient (Wildman–Crippen LogP) is 3.75. The van der Waals surface area contributed by atoms with Crippen molar-refractivity contribution in [2.75, 3.05) is 10.6 Å². The largest absolute Gasteiger partial charge is 0.360 e. The molecule has 0 unspecified atom stereocenters. The molecule has 0 aliphatic heterocycles. The molecule has 0 saturated heterocycles. The first-order valence-corrected chi connectivity index (χ1v) is 9.03. The molecular weight excluding hydrogens is 370 g/mol. The molecule has 1 aromatic carbocycles.